The molecule has 0 aliphatic rings. The molecule has 0 radical (unpaired) electrons. The van der Waals surface area contributed by atoms with Crippen molar-refractivity contribution in [3.05, 3.63) is 89.5 Å². The molecule has 156 valence electrons. The molecule has 3 rings (SSSR count). The molecule has 0 aromatic heterocycles. The smallest absolute Gasteiger partial charge is 0.278 e. The molecule has 3 aromatic carbocycles. The van der Waals surface area contributed by atoms with E-state index in [1.807, 2.05) is 51.1 Å². The van der Waals surface area contributed by atoms with E-state index in [1.165, 1.54) is 12.1 Å². The molecule has 0 N–H and O–H groups in total. The van der Waals surface area contributed by atoms with Crippen LogP contribution in [0.25, 0.3) is 0 Å². The molecule has 0 unspecified atom stereocenters. The van der Waals surface area contributed by atoms with Gasteiger partial charge in [-0.1, -0.05) is 43.3 Å². The van der Waals surface area contributed by atoms with Gasteiger partial charge in [0, 0.05) is 0 Å². The quantitative estimate of drug-likeness (QED) is 0.554. The number of ether oxygens (including phenoxy) is 1. The van der Waals surface area contributed by atoms with Crippen LogP contribution >= 0.6 is 0 Å². The lowest BCUT2D eigenvalue weighted by atomic mass is 10.1. The lowest BCUT2D eigenvalue weighted by Crippen LogP contribution is -2.40. The molecule has 0 saturated heterocycles. The van der Waals surface area contributed by atoms with E-state index < -0.39 is 22.5 Å². The highest BCUT2D eigenvalue weighted by Crippen LogP contribution is 2.25. The van der Waals surface area contributed by atoms with Gasteiger partial charge in [-0.3, -0.25) is 4.79 Å². The number of hydrogen-bond acceptors (Lipinski definition) is 4. The minimum Gasteiger partial charge on any atom is -0.484 e. The number of hydrogen-bond donors (Lipinski definition) is 0. The fourth-order valence-electron chi connectivity index (χ4n) is 3.20. The first-order valence-electron chi connectivity index (χ1n) is 9.74. The van der Waals surface area contributed by atoms with Gasteiger partial charge in [0.15, 0.2) is 6.61 Å². The van der Waals surface area contributed by atoms with Crippen molar-refractivity contribution in [1.29, 1.82) is 0 Å². The van der Waals surface area contributed by atoms with Gasteiger partial charge in [-0.2, -0.15) is 4.31 Å². The summed E-state index contributed by atoms with van der Waals surface area (Å²) in [6.45, 7) is 5.48. The highest BCUT2D eigenvalue weighted by molar-refractivity contribution is 7.93. The van der Waals surface area contributed by atoms with Gasteiger partial charge in [0.05, 0.1) is 10.6 Å². The molecule has 0 heterocycles. The van der Waals surface area contributed by atoms with Crippen LogP contribution in [0.4, 0.5) is 5.69 Å². The fraction of sp³-hybridized carbons (Fsp3) is 0.208. The van der Waals surface area contributed by atoms with Crippen molar-refractivity contribution in [3.63, 3.8) is 0 Å². The summed E-state index contributed by atoms with van der Waals surface area (Å²) >= 11 is 0. The lowest BCUT2D eigenvalue weighted by Gasteiger charge is -2.23. The number of carbonyl (C=O) groups excluding carboxylic acids is 1. The Morgan fingerprint density at radius 3 is 2.07 bits per heavy atom. The summed E-state index contributed by atoms with van der Waals surface area (Å²) < 4.78 is 33.1. The first-order valence-corrected chi connectivity index (χ1v) is 11.2. The molecule has 6 heteroatoms. The fourth-order valence-corrected chi connectivity index (χ4v) is 4.63. The Bertz CT molecular complexity index is 1100. The first kappa shape index (κ1) is 21.6. The number of carbonyl (C=O) groups is 1. The van der Waals surface area contributed by atoms with Gasteiger partial charge in [-0.25, -0.2) is 8.42 Å². The van der Waals surface area contributed by atoms with Crippen molar-refractivity contribution < 1.29 is 17.9 Å². The average molecular weight is 424 g/mol. The molecular formula is C24H25NO4S. The van der Waals surface area contributed by atoms with Crippen LogP contribution in [0.2, 0.25) is 0 Å². The van der Waals surface area contributed by atoms with Crippen molar-refractivity contribution >= 4 is 21.6 Å². The van der Waals surface area contributed by atoms with Crippen LogP contribution in [0.1, 0.15) is 23.6 Å². The molecule has 5 nitrogen and oxygen atoms in total. The molecule has 0 aliphatic heterocycles. The van der Waals surface area contributed by atoms with Gasteiger partial charge in [-0.05, 0) is 73.4 Å². The summed E-state index contributed by atoms with van der Waals surface area (Å²) in [5.74, 6) is -0.137. The predicted molar refractivity (Wildman–Crippen MR) is 118 cm³/mol. The van der Waals surface area contributed by atoms with E-state index in [4.69, 9.17) is 4.74 Å². The molecule has 1 amide bonds. The lowest BCUT2D eigenvalue weighted by molar-refractivity contribution is -0.119. The molecule has 0 spiro atoms. The molecule has 30 heavy (non-hydrogen) atoms. The van der Waals surface area contributed by atoms with Crippen LogP contribution in [-0.2, 0) is 21.2 Å². The average Bonchev–Trinajstić information content (AvgIpc) is 2.73. The van der Waals surface area contributed by atoms with E-state index in [1.54, 1.807) is 30.3 Å². The Labute approximate surface area is 178 Å². The van der Waals surface area contributed by atoms with E-state index in [2.05, 4.69) is 0 Å². The normalized spacial score (nSPS) is 11.2. The van der Waals surface area contributed by atoms with Gasteiger partial charge in [-0.15, -0.1) is 0 Å². The Kier molecular flexibility index (Phi) is 6.57. The standard InChI is InChI=1S/C24H25NO4S/c1-4-20-10-12-21(13-11-20)25(30(27,28)23-8-6-5-7-9-23)24(26)17-29-22-15-18(2)14-19(3)16-22/h5-16H,4,17H2,1-3H3. The largest absolute Gasteiger partial charge is 0.484 e. The SMILES string of the molecule is CCc1ccc(N(C(=O)COc2cc(C)cc(C)c2)S(=O)(=O)c2ccccc2)cc1. The second kappa shape index (κ2) is 9.13. The molecule has 3 aromatic rings. The van der Waals surface area contributed by atoms with Crippen LogP contribution in [0, 0.1) is 13.8 Å². The molecular weight excluding hydrogens is 398 g/mol. The third-order valence-electron chi connectivity index (χ3n) is 4.64. The van der Waals surface area contributed by atoms with E-state index in [9.17, 15) is 13.2 Å². The van der Waals surface area contributed by atoms with Crippen LogP contribution in [0.15, 0.2) is 77.7 Å². The van der Waals surface area contributed by atoms with Gasteiger partial charge < -0.3 is 4.74 Å². The van der Waals surface area contributed by atoms with Crippen molar-refractivity contribution in [2.24, 2.45) is 0 Å². The zero-order valence-corrected chi connectivity index (χ0v) is 18.1. The zero-order chi connectivity index (χ0) is 21.7. The van der Waals surface area contributed by atoms with Crippen molar-refractivity contribution in [2.75, 3.05) is 10.9 Å². The second-order valence-corrected chi connectivity index (χ2v) is 8.90. The van der Waals surface area contributed by atoms with Gasteiger partial charge >= 0.3 is 0 Å². The third kappa shape index (κ3) is 4.89. The third-order valence-corrected chi connectivity index (χ3v) is 6.41. The predicted octanol–water partition coefficient (Wildman–Crippen LogP) is 4.67. The van der Waals surface area contributed by atoms with Crippen LogP contribution in [0.3, 0.4) is 0 Å². The summed E-state index contributed by atoms with van der Waals surface area (Å²) in [4.78, 5) is 13.1. The monoisotopic (exact) mass is 423 g/mol. The summed E-state index contributed by atoms with van der Waals surface area (Å²) in [6.07, 6.45) is 0.815. The van der Waals surface area contributed by atoms with Crippen molar-refractivity contribution in [3.8, 4) is 5.75 Å². The maximum Gasteiger partial charge on any atom is 0.278 e. The summed E-state index contributed by atoms with van der Waals surface area (Å²) in [6, 6.07) is 20.5. The number of rotatable bonds is 7. The van der Waals surface area contributed by atoms with Crippen LogP contribution < -0.4 is 9.04 Å². The molecule has 0 atom stereocenters. The summed E-state index contributed by atoms with van der Waals surface area (Å²) in [7, 11) is -4.09. The minimum absolute atomic E-state index is 0.0457. The van der Waals surface area contributed by atoms with Gasteiger partial charge in [0.1, 0.15) is 5.75 Å². The Morgan fingerprint density at radius 2 is 1.50 bits per heavy atom. The number of benzene rings is 3. The summed E-state index contributed by atoms with van der Waals surface area (Å²) in [5.41, 5.74) is 3.34. The topological polar surface area (TPSA) is 63.7 Å². The molecule has 0 fully saturated rings. The summed E-state index contributed by atoms with van der Waals surface area (Å²) in [5, 5.41) is 0. The zero-order valence-electron chi connectivity index (χ0n) is 17.3. The Hall–Kier alpha value is -3.12. The Balaban J connectivity index is 1.94. The Morgan fingerprint density at radius 1 is 0.900 bits per heavy atom. The number of amides is 1. The number of nitrogens with zero attached hydrogens (tertiary/aromatic N) is 1. The highest BCUT2D eigenvalue weighted by atomic mass is 32.2. The van der Waals surface area contributed by atoms with E-state index >= 15 is 0 Å². The van der Waals surface area contributed by atoms with E-state index in [0.717, 1.165) is 27.4 Å². The highest BCUT2D eigenvalue weighted by Gasteiger charge is 2.31. The first-order chi connectivity index (χ1) is 14.3. The number of sulfonamides is 1. The molecule has 0 saturated carbocycles. The van der Waals surface area contributed by atoms with Crippen LogP contribution in [-0.4, -0.2) is 20.9 Å². The van der Waals surface area contributed by atoms with E-state index in [0.29, 0.717) is 5.75 Å². The van der Waals surface area contributed by atoms with Crippen molar-refractivity contribution in [2.45, 2.75) is 32.1 Å². The number of aryl methyl sites for hydroxylation is 3. The van der Waals surface area contributed by atoms with Gasteiger partial charge in [0.2, 0.25) is 0 Å². The van der Waals surface area contributed by atoms with E-state index in [-0.39, 0.29) is 10.6 Å². The molecule has 0 aliphatic carbocycles. The maximum atomic E-state index is 13.3. The number of anilines is 1. The van der Waals surface area contributed by atoms with Crippen molar-refractivity contribution in [1.82, 2.24) is 0 Å². The second-order valence-electron chi connectivity index (χ2n) is 7.11. The van der Waals surface area contributed by atoms with Crippen LogP contribution in [0.5, 0.6) is 5.75 Å². The maximum absolute atomic E-state index is 13.3. The van der Waals surface area contributed by atoms with Gasteiger partial charge in [0.25, 0.3) is 15.9 Å². The minimum atomic E-state index is -4.09. The molecule has 0 bridgehead atoms.